The molecule has 3 unspecified atom stereocenters. The third kappa shape index (κ3) is 1.80. The lowest BCUT2D eigenvalue weighted by Gasteiger charge is -2.33. The second kappa shape index (κ2) is 3.20. The quantitative estimate of drug-likeness (QED) is 0.425. The standard InChI is InChI=1S/C8H12OS2/c1-4-8(3)6-10-11(9)5-7(8)2/h1,7H,5-6H2,2-3H3. The number of terminal acetylenes is 1. The summed E-state index contributed by atoms with van der Waals surface area (Å²) in [6, 6.07) is 0. The maximum Gasteiger partial charge on any atom is 0.0807 e. The Balaban J connectivity index is 2.73. The number of hydrogen-bond donors (Lipinski definition) is 0. The summed E-state index contributed by atoms with van der Waals surface area (Å²) in [5.41, 5.74) is -0.0431. The lowest BCUT2D eigenvalue weighted by Crippen LogP contribution is -2.34. The minimum atomic E-state index is -0.697. The fraction of sp³-hybridized carbons (Fsp3) is 0.750. The van der Waals surface area contributed by atoms with Crippen molar-refractivity contribution in [1.29, 1.82) is 0 Å². The summed E-state index contributed by atoms with van der Waals surface area (Å²) in [6.07, 6.45) is 5.41. The molecule has 1 nitrogen and oxygen atoms in total. The molecule has 0 aromatic carbocycles. The molecule has 0 aliphatic carbocycles. The Morgan fingerprint density at radius 2 is 2.45 bits per heavy atom. The smallest absolute Gasteiger partial charge is 0.0807 e. The summed E-state index contributed by atoms with van der Waals surface area (Å²) in [6.45, 7) is 4.15. The van der Waals surface area contributed by atoms with Crippen LogP contribution in [-0.4, -0.2) is 15.7 Å². The summed E-state index contributed by atoms with van der Waals surface area (Å²) < 4.78 is 11.1. The van der Waals surface area contributed by atoms with Crippen LogP contribution in [-0.2, 0) is 9.83 Å². The Kier molecular flexibility index (Phi) is 2.66. The van der Waals surface area contributed by atoms with Gasteiger partial charge in [-0.1, -0.05) is 23.6 Å². The van der Waals surface area contributed by atoms with Gasteiger partial charge in [0.1, 0.15) is 0 Å². The van der Waals surface area contributed by atoms with Crippen LogP contribution in [0, 0.1) is 23.7 Å². The van der Waals surface area contributed by atoms with Crippen LogP contribution in [0.1, 0.15) is 13.8 Å². The zero-order valence-electron chi connectivity index (χ0n) is 6.79. The van der Waals surface area contributed by atoms with Crippen molar-refractivity contribution in [2.75, 3.05) is 11.5 Å². The van der Waals surface area contributed by atoms with Gasteiger partial charge in [0.05, 0.1) is 9.83 Å². The maximum absolute atomic E-state index is 11.1. The second-order valence-corrected chi connectivity index (χ2v) is 6.48. The van der Waals surface area contributed by atoms with E-state index in [0.29, 0.717) is 5.92 Å². The van der Waals surface area contributed by atoms with Crippen molar-refractivity contribution in [3.05, 3.63) is 0 Å². The zero-order chi connectivity index (χ0) is 8.48. The Morgan fingerprint density at radius 3 is 2.91 bits per heavy atom. The molecule has 3 atom stereocenters. The van der Waals surface area contributed by atoms with Gasteiger partial charge in [-0.2, -0.15) is 0 Å². The van der Waals surface area contributed by atoms with Crippen LogP contribution in [0.15, 0.2) is 0 Å². The first kappa shape index (κ1) is 9.15. The van der Waals surface area contributed by atoms with Crippen LogP contribution in [0.2, 0.25) is 0 Å². The van der Waals surface area contributed by atoms with Crippen LogP contribution in [0.3, 0.4) is 0 Å². The first-order valence-corrected chi connectivity index (χ1v) is 6.40. The summed E-state index contributed by atoms with van der Waals surface area (Å²) in [7, 11) is 0.786. The zero-order valence-corrected chi connectivity index (χ0v) is 8.43. The fourth-order valence-electron chi connectivity index (χ4n) is 0.950. The topological polar surface area (TPSA) is 17.1 Å². The molecule has 1 aliphatic rings. The molecule has 3 heteroatoms. The molecule has 0 N–H and O–H groups in total. The van der Waals surface area contributed by atoms with Gasteiger partial charge in [-0.25, -0.2) is 4.21 Å². The predicted molar refractivity (Wildman–Crippen MR) is 51.6 cm³/mol. The first-order valence-electron chi connectivity index (χ1n) is 3.58. The molecule has 1 heterocycles. The molecule has 11 heavy (non-hydrogen) atoms. The highest BCUT2D eigenvalue weighted by molar-refractivity contribution is 8.69. The highest BCUT2D eigenvalue weighted by atomic mass is 33.1. The van der Waals surface area contributed by atoms with E-state index >= 15 is 0 Å². The molecule has 0 amide bonds. The first-order chi connectivity index (χ1) is 5.08. The molecule has 1 saturated heterocycles. The van der Waals surface area contributed by atoms with Gasteiger partial charge in [0, 0.05) is 16.9 Å². The highest BCUT2D eigenvalue weighted by Crippen LogP contribution is 2.37. The van der Waals surface area contributed by atoms with E-state index in [1.54, 1.807) is 0 Å². The highest BCUT2D eigenvalue weighted by Gasteiger charge is 2.35. The molecule has 1 aliphatic heterocycles. The summed E-state index contributed by atoms with van der Waals surface area (Å²) in [4.78, 5) is 0. The number of hydrogen-bond acceptors (Lipinski definition) is 2. The lowest BCUT2D eigenvalue weighted by molar-refractivity contribution is 0.360. The molecule has 0 radical (unpaired) electrons. The normalized spacial score (nSPS) is 44.8. The molecule has 1 rings (SSSR count). The molecule has 0 saturated carbocycles. The van der Waals surface area contributed by atoms with Crippen LogP contribution in [0.25, 0.3) is 0 Å². The molecule has 1 fully saturated rings. The molecule has 0 aromatic rings. The van der Waals surface area contributed by atoms with E-state index in [-0.39, 0.29) is 5.41 Å². The minimum absolute atomic E-state index is 0.0431. The SMILES string of the molecule is C#CC1(C)CSS(=O)CC1C. The Morgan fingerprint density at radius 1 is 1.82 bits per heavy atom. The summed E-state index contributed by atoms with van der Waals surface area (Å²) >= 11 is 0. The Labute approximate surface area is 74.2 Å². The van der Waals surface area contributed by atoms with Gasteiger partial charge in [0.15, 0.2) is 0 Å². The van der Waals surface area contributed by atoms with Gasteiger partial charge in [-0.3, -0.25) is 0 Å². The van der Waals surface area contributed by atoms with Gasteiger partial charge in [0.25, 0.3) is 0 Å². The molecule has 0 spiro atoms. The van der Waals surface area contributed by atoms with Gasteiger partial charge < -0.3 is 0 Å². The van der Waals surface area contributed by atoms with Gasteiger partial charge in [-0.05, 0) is 12.8 Å². The maximum atomic E-state index is 11.1. The Hall–Kier alpha value is 0.0600. The van der Waals surface area contributed by atoms with Gasteiger partial charge in [-0.15, -0.1) is 6.42 Å². The third-order valence-electron chi connectivity index (χ3n) is 2.29. The van der Waals surface area contributed by atoms with Crippen molar-refractivity contribution in [2.24, 2.45) is 11.3 Å². The second-order valence-electron chi connectivity index (χ2n) is 3.20. The van der Waals surface area contributed by atoms with Crippen molar-refractivity contribution in [3.63, 3.8) is 0 Å². The van der Waals surface area contributed by atoms with Crippen molar-refractivity contribution in [3.8, 4) is 12.3 Å². The molecule has 62 valence electrons. The van der Waals surface area contributed by atoms with Crippen LogP contribution >= 0.6 is 10.8 Å². The van der Waals surface area contributed by atoms with E-state index in [9.17, 15) is 4.21 Å². The van der Waals surface area contributed by atoms with E-state index < -0.39 is 9.83 Å². The van der Waals surface area contributed by atoms with E-state index in [1.165, 1.54) is 10.8 Å². The monoisotopic (exact) mass is 188 g/mol. The summed E-state index contributed by atoms with van der Waals surface area (Å²) in [5, 5.41) is 0. The molecule has 0 bridgehead atoms. The predicted octanol–water partition coefficient (Wildman–Crippen LogP) is 1.67. The van der Waals surface area contributed by atoms with Crippen LogP contribution in [0.5, 0.6) is 0 Å². The van der Waals surface area contributed by atoms with Gasteiger partial charge >= 0.3 is 0 Å². The third-order valence-corrected chi connectivity index (χ3v) is 5.60. The molecular formula is C8H12OS2. The largest absolute Gasteiger partial charge is 0.248 e. The fourth-order valence-corrected chi connectivity index (χ4v) is 4.60. The summed E-state index contributed by atoms with van der Waals surface area (Å²) in [5.74, 6) is 4.75. The Bertz CT molecular complexity index is 219. The van der Waals surface area contributed by atoms with Gasteiger partial charge in [0.2, 0.25) is 0 Å². The van der Waals surface area contributed by atoms with Crippen LogP contribution in [0.4, 0.5) is 0 Å². The van der Waals surface area contributed by atoms with Crippen molar-refractivity contribution >= 4 is 20.6 Å². The minimum Gasteiger partial charge on any atom is -0.248 e. The van der Waals surface area contributed by atoms with Crippen molar-refractivity contribution < 1.29 is 4.21 Å². The van der Waals surface area contributed by atoms with E-state index in [1.807, 2.05) is 0 Å². The molecular weight excluding hydrogens is 176 g/mol. The average molecular weight is 188 g/mol. The van der Waals surface area contributed by atoms with E-state index in [2.05, 4.69) is 19.8 Å². The van der Waals surface area contributed by atoms with Crippen LogP contribution < -0.4 is 0 Å². The van der Waals surface area contributed by atoms with Crippen molar-refractivity contribution in [2.45, 2.75) is 13.8 Å². The van der Waals surface area contributed by atoms with Crippen molar-refractivity contribution in [1.82, 2.24) is 0 Å². The average Bonchev–Trinajstić information content (AvgIpc) is 1.98. The lowest BCUT2D eigenvalue weighted by atomic mass is 9.82. The molecule has 0 aromatic heterocycles. The van der Waals surface area contributed by atoms with E-state index in [4.69, 9.17) is 6.42 Å². The van der Waals surface area contributed by atoms with E-state index in [0.717, 1.165) is 11.5 Å². The number of rotatable bonds is 0.